The minimum absolute atomic E-state index is 0.258. The average Bonchev–Trinajstić information content (AvgIpc) is 2.97. The van der Waals surface area contributed by atoms with Crippen LogP contribution in [0, 0.1) is 12.3 Å². The molecule has 2 aliphatic heterocycles. The molecule has 1 aromatic carbocycles. The summed E-state index contributed by atoms with van der Waals surface area (Å²) in [7, 11) is 0. The molecular weight excluding hydrogens is 264 g/mol. The molecule has 2 saturated heterocycles. The molecule has 1 unspecified atom stereocenters. The van der Waals surface area contributed by atoms with Gasteiger partial charge in [-0.1, -0.05) is 12.1 Å². The highest BCUT2D eigenvalue weighted by Crippen LogP contribution is 2.28. The summed E-state index contributed by atoms with van der Waals surface area (Å²) in [6.45, 7) is 8.38. The zero-order valence-corrected chi connectivity index (χ0v) is 12.8. The fourth-order valence-corrected chi connectivity index (χ4v) is 3.31. The highest BCUT2D eigenvalue weighted by atomic mass is 16.5. The van der Waals surface area contributed by atoms with E-state index in [1.807, 2.05) is 0 Å². The quantitative estimate of drug-likeness (QED) is 0.790. The second-order valence-corrected chi connectivity index (χ2v) is 6.39. The molecule has 114 valence electrons. The molecule has 1 atom stereocenters. The Morgan fingerprint density at radius 2 is 2.10 bits per heavy atom. The van der Waals surface area contributed by atoms with E-state index in [0.29, 0.717) is 6.61 Å². The monoisotopic (exact) mass is 288 g/mol. The zero-order valence-electron chi connectivity index (χ0n) is 12.8. The summed E-state index contributed by atoms with van der Waals surface area (Å²) in [5, 5.41) is 0. The number of benzene rings is 1. The average molecular weight is 288 g/mol. The third kappa shape index (κ3) is 3.27. The first kappa shape index (κ1) is 14.5. The molecule has 1 aromatic rings. The molecule has 0 amide bonds. The van der Waals surface area contributed by atoms with Crippen molar-refractivity contribution in [3.05, 3.63) is 29.8 Å². The molecule has 21 heavy (non-hydrogen) atoms. The normalized spacial score (nSPS) is 27.0. The number of anilines is 1. The first-order valence-electron chi connectivity index (χ1n) is 7.79. The maximum atomic E-state index is 11.4. The molecule has 3 rings (SSSR count). The maximum Gasteiger partial charge on any atom is 0.129 e. The van der Waals surface area contributed by atoms with Crippen LogP contribution in [0.4, 0.5) is 5.69 Å². The van der Waals surface area contributed by atoms with E-state index >= 15 is 0 Å². The Labute approximate surface area is 126 Å². The predicted molar refractivity (Wildman–Crippen MR) is 83.8 cm³/mol. The van der Waals surface area contributed by atoms with Gasteiger partial charge in [-0.3, -0.25) is 4.90 Å². The van der Waals surface area contributed by atoms with Crippen LogP contribution in [-0.4, -0.2) is 57.1 Å². The minimum Gasteiger partial charge on any atom is -0.380 e. The molecule has 2 aliphatic rings. The Morgan fingerprint density at radius 1 is 1.29 bits per heavy atom. The van der Waals surface area contributed by atoms with Crippen LogP contribution in [0.2, 0.25) is 0 Å². The lowest BCUT2D eigenvalue weighted by molar-refractivity contribution is -0.117. The molecule has 0 N–H and O–H groups in total. The summed E-state index contributed by atoms with van der Waals surface area (Å²) in [5.41, 5.74) is 2.35. The van der Waals surface area contributed by atoms with Crippen molar-refractivity contribution in [2.75, 3.05) is 50.8 Å². The zero-order chi connectivity index (χ0) is 14.7. The maximum absolute atomic E-state index is 11.4. The second-order valence-electron chi connectivity index (χ2n) is 6.39. The number of carbonyl (C=O) groups excluding carboxylic acids is 1. The van der Waals surface area contributed by atoms with Crippen molar-refractivity contribution < 1.29 is 9.53 Å². The number of carbonyl (C=O) groups is 1. The molecule has 2 fully saturated rings. The number of piperazine rings is 1. The first-order chi connectivity index (χ1) is 10.2. The van der Waals surface area contributed by atoms with Crippen LogP contribution >= 0.6 is 0 Å². The van der Waals surface area contributed by atoms with E-state index in [-0.39, 0.29) is 5.41 Å². The van der Waals surface area contributed by atoms with E-state index in [4.69, 9.17) is 4.74 Å². The van der Waals surface area contributed by atoms with Crippen LogP contribution in [0.15, 0.2) is 24.3 Å². The lowest BCUT2D eigenvalue weighted by Crippen LogP contribution is -2.50. The minimum atomic E-state index is -0.258. The van der Waals surface area contributed by atoms with Gasteiger partial charge < -0.3 is 14.4 Å². The summed E-state index contributed by atoms with van der Waals surface area (Å²) in [5.74, 6) is 0. The van der Waals surface area contributed by atoms with E-state index in [0.717, 1.165) is 52.0 Å². The first-order valence-corrected chi connectivity index (χ1v) is 7.79. The third-order valence-electron chi connectivity index (χ3n) is 4.66. The smallest absolute Gasteiger partial charge is 0.129 e. The highest BCUT2D eigenvalue weighted by Gasteiger charge is 2.37. The lowest BCUT2D eigenvalue weighted by atomic mass is 9.88. The van der Waals surface area contributed by atoms with Gasteiger partial charge in [0.2, 0.25) is 0 Å². The predicted octanol–water partition coefficient (Wildman–Crippen LogP) is 1.72. The Bertz CT molecular complexity index is 489. The lowest BCUT2D eigenvalue weighted by Gasteiger charge is -2.39. The Kier molecular flexibility index (Phi) is 4.27. The number of hydrogen-bond acceptors (Lipinski definition) is 4. The summed E-state index contributed by atoms with van der Waals surface area (Å²) in [4.78, 5) is 16.3. The van der Waals surface area contributed by atoms with E-state index in [1.54, 1.807) is 0 Å². The molecule has 0 saturated carbocycles. The fraction of sp³-hybridized carbons (Fsp3) is 0.588. The van der Waals surface area contributed by atoms with E-state index in [9.17, 15) is 4.79 Å². The number of aryl methyl sites for hydroxylation is 1. The van der Waals surface area contributed by atoms with Crippen molar-refractivity contribution in [1.82, 2.24) is 4.90 Å². The molecule has 4 nitrogen and oxygen atoms in total. The van der Waals surface area contributed by atoms with Gasteiger partial charge in [0.25, 0.3) is 0 Å². The molecule has 0 aliphatic carbocycles. The number of nitrogens with zero attached hydrogens (tertiary/aromatic N) is 2. The van der Waals surface area contributed by atoms with Crippen molar-refractivity contribution in [1.29, 1.82) is 0 Å². The van der Waals surface area contributed by atoms with Crippen molar-refractivity contribution in [3.63, 3.8) is 0 Å². The van der Waals surface area contributed by atoms with Gasteiger partial charge in [0.1, 0.15) is 6.29 Å². The van der Waals surface area contributed by atoms with Crippen molar-refractivity contribution in [2.45, 2.75) is 13.3 Å². The van der Waals surface area contributed by atoms with Crippen LogP contribution < -0.4 is 4.90 Å². The molecule has 0 radical (unpaired) electrons. The van der Waals surface area contributed by atoms with Gasteiger partial charge in [0.05, 0.1) is 12.0 Å². The molecule has 0 aromatic heterocycles. The Hall–Kier alpha value is -1.39. The standard InChI is InChI=1S/C17H24N2O2/c1-15-3-2-4-16(11-15)19-8-6-18(7-9-19)12-17(13-20)5-10-21-14-17/h2-4,11,13H,5-10,12,14H2,1H3. The number of aldehydes is 1. The van der Waals surface area contributed by atoms with Gasteiger partial charge in [-0.15, -0.1) is 0 Å². The van der Waals surface area contributed by atoms with E-state index < -0.39 is 0 Å². The number of rotatable bonds is 4. The Balaban J connectivity index is 1.56. The summed E-state index contributed by atoms with van der Waals surface area (Å²) >= 11 is 0. The number of hydrogen-bond donors (Lipinski definition) is 0. The second kappa shape index (κ2) is 6.16. The summed E-state index contributed by atoms with van der Waals surface area (Å²) < 4.78 is 5.43. The number of ether oxygens (including phenoxy) is 1. The Morgan fingerprint density at radius 3 is 2.71 bits per heavy atom. The van der Waals surface area contributed by atoms with Crippen LogP contribution in [0.3, 0.4) is 0 Å². The van der Waals surface area contributed by atoms with Gasteiger partial charge in [-0.25, -0.2) is 0 Å². The SMILES string of the molecule is Cc1cccc(N2CCN(CC3(C=O)CCOC3)CC2)c1. The van der Waals surface area contributed by atoms with Gasteiger partial charge >= 0.3 is 0 Å². The van der Waals surface area contributed by atoms with Gasteiger partial charge in [-0.2, -0.15) is 0 Å². The van der Waals surface area contributed by atoms with Crippen LogP contribution in [0.25, 0.3) is 0 Å². The van der Waals surface area contributed by atoms with Gasteiger partial charge in [0.15, 0.2) is 0 Å². The van der Waals surface area contributed by atoms with Crippen LogP contribution in [0.5, 0.6) is 0 Å². The molecule has 4 heteroatoms. The fourth-order valence-electron chi connectivity index (χ4n) is 3.31. The molecule has 0 spiro atoms. The van der Waals surface area contributed by atoms with Crippen molar-refractivity contribution >= 4 is 12.0 Å². The molecular formula is C17H24N2O2. The highest BCUT2D eigenvalue weighted by molar-refractivity contribution is 5.60. The molecule has 2 heterocycles. The van der Waals surface area contributed by atoms with Crippen molar-refractivity contribution in [3.8, 4) is 0 Å². The van der Waals surface area contributed by atoms with E-state index in [2.05, 4.69) is 41.0 Å². The topological polar surface area (TPSA) is 32.8 Å². The van der Waals surface area contributed by atoms with Crippen LogP contribution in [0.1, 0.15) is 12.0 Å². The van der Waals surface area contributed by atoms with Crippen molar-refractivity contribution in [2.24, 2.45) is 5.41 Å². The summed E-state index contributed by atoms with van der Waals surface area (Å²) in [6, 6.07) is 8.68. The third-order valence-corrected chi connectivity index (χ3v) is 4.66. The largest absolute Gasteiger partial charge is 0.380 e. The van der Waals surface area contributed by atoms with Gasteiger partial charge in [0, 0.05) is 45.0 Å². The van der Waals surface area contributed by atoms with Crippen LogP contribution in [-0.2, 0) is 9.53 Å². The summed E-state index contributed by atoms with van der Waals surface area (Å²) in [6.07, 6.45) is 1.99. The van der Waals surface area contributed by atoms with Gasteiger partial charge in [-0.05, 0) is 31.0 Å². The molecule has 0 bridgehead atoms. The van der Waals surface area contributed by atoms with E-state index in [1.165, 1.54) is 11.3 Å².